The van der Waals surface area contributed by atoms with E-state index in [1.54, 1.807) is 25.1 Å². The molecule has 100 valence electrons. The van der Waals surface area contributed by atoms with Crippen molar-refractivity contribution < 1.29 is 13.2 Å². The van der Waals surface area contributed by atoms with Crippen LogP contribution in [0.15, 0.2) is 39.3 Å². The highest BCUT2D eigenvalue weighted by molar-refractivity contribution is 7.90. The minimum atomic E-state index is -3.98. The van der Waals surface area contributed by atoms with Crippen molar-refractivity contribution in [2.75, 3.05) is 0 Å². The van der Waals surface area contributed by atoms with Gasteiger partial charge < -0.3 is 0 Å². The van der Waals surface area contributed by atoms with Gasteiger partial charge in [-0.3, -0.25) is 14.0 Å². The fourth-order valence-electron chi connectivity index (χ4n) is 1.50. The van der Waals surface area contributed by atoms with Crippen LogP contribution >= 0.6 is 11.5 Å². The molecule has 1 aromatic carbocycles. The molecule has 2 rings (SSSR count). The molecule has 1 aromatic heterocycles. The molecule has 19 heavy (non-hydrogen) atoms. The Morgan fingerprint density at radius 1 is 1.32 bits per heavy atom. The standard InChI is InChI=1S/C11H10N2O4S2/c1-7-4-2-3-5-9(7)19(16,17)13-11(15)8-6-18-12-10(8)14/h2-6H,1H3,(H,12,14)(H,13,15). The number of rotatable bonds is 3. The largest absolute Gasteiger partial charge is 0.277 e. The summed E-state index contributed by atoms with van der Waals surface area (Å²) in [5.74, 6) is -0.939. The predicted octanol–water partition coefficient (Wildman–Crippen LogP) is 0.864. The van der Waals surface area contributed by atoms with E-state index in [2.05, 4.69) is 4.37 Å². The Hall–Kier alpha value is -1.93. The number of H-pyrrole nitrogens is 1. The zero-order valence-electron chi connectivity index (χ0n) is 9.84. The van der Waals surface area contributed by atoms with Gasteiger partial charge in [0.1, 0.15) is 5.56 Å². The zero-order chi connectivity index (χ0) is 14.0. The third kappa shape index (κ3) is 2.74. The highest BCUT2D eigenvalue weighted by Gasteiger charge is 2.22. The molecule has 0 aliphatic carbocycles. The van der Waals surface area contributed by atoms with E-state index in [4.69, 9.17) is 0 Å². The first-order valence-corrected chi connectivity index (χ1v) is 7.57. The van der Waals surface area contributed by atoms with Gasteiger partial charge in [-0.15, -0.1) is 0 Å². The van der Waals surface area contributed by atoms with E-state index in [1.807, 2.05) is 4.72 Å². The smallest absolute Gasteiger partial charge is 0.271 e. The number of amides is 1. The quantitative estimate of drug-likeness (QED) is 0.878. The summed E-state index contributed by atoms with van der Waals surface area (Å²) in [6, 6.07) is 6.27. The molecule has 8 heteroatoms. The number of hydrogen-bond donors (Lipinski definition) is 2. The van der Waals surface area contributed by atoms with Crippen molar-refractivity contribution in [2.24, 2.45) is 0 Å². The van der Waals surface area contributed by atoms with Crippen LogP contribution < -0.4 is 10.3 Å². The van der Waals surface area contributed by atoms with Crippen LogP contribution in [0.1, 0.15) is 15.9 Å². The molecule has 0 atom stereocenters. The molecule has 2 N–H and O–H groups in total. The van der Waals surface area contributed by atoms with Crippen molar-refractivity contribution in [3.63, 3.8) is 0 Å². The van der Waals surface area contributed by atoms with Crippen LogP contribution in [0, 0.1) is 6.92 Å². The zero-order valence-corrected chi connectivity index (χ0v) is 11.5. The van der Waals surface area contributed by atoms with E-state index in [9.17, 15) is 18.0 Å². The third-order valence-corrected chi connectivity index (χ3v) is 4.58. The summed E-state index contributed by atoms with van der Waals surface area (Å²) in [5, 5.41) is 1.27. The van der Waals surface area contributed by atoms with Crippen LogP contribution in [0.25, 0.3) is 0 Å². The van der Waals surface area contributed by atoms with E-state index in [1.165, 1.54) is 11.4 Å². The number of carbonyl (C=O) groups is 1. The van der Waals surface area contributed by atoms with E-state index < -0.39 is 21.5 Å². The van der Waals surface area contributed by atoms with Crippen LogP contribution in [0.3, 0.4) is 0 Å². The van der Waals surface area contributed by atoms with Crippen molar-refractivity contribution >= 4 is 27.5 Å². The number of benzene rings is 1. The molecular weight excluding hydrogens is 288 g/mol. The first kappa shape index (κ1) is 13.5. The second-order valence-electron chi connectivity index (χ2n) is 3.78. The monoisotopic (exact) mass is 298 g/mol. The fourth-order valence-corrected chi connectivity index (χ4v) is 3.32. The maximum absolute atomic E-state index is 12.0. The second kappa shape index (κ2) is 4.98. The van der Waals surface area contributed by atoms with Gasteiger partial charge in [-0.1, -0.05) is 29.7 Å². The lowest BCUT2D eigenvalue weighted by Gasteiger charge is -2.07. The summed E-state index contributed by atoms with van der Waals surface area (Å²) in [4.78, 5) is 23.0. The van der Waals surface area contributed by atoms with Gasteiger partial charge in [-0.05, 0) is 18.6 Å². The molecule has 0 bridgehead atoms. The Labute approximate surface area is 113 Å². The summed E-state index contributed by atoms with van der Waals surface area (Å²) in [5.41, 5.74) is -0.313. The molecule has 0 saturated carbocycles. The second-order valence-corrected chi connectivity index (χ2v) is 6.11. The molecule has 0 saturated heterocycles. The average molecular weight is 298 g/mol. The number of aromatic amines is 1. The molecule has 2 aromatic rings. The maximum atomic E-state index is 12.0. The fraction of sp³-hybridized carbons (Fsp3) is 0.0909. The van der Waals surface area contributed by atoms with E-state index in [-0.39, 0.29) is 10.5 Å². The SMILES string of the molecule is Cc1ccccc1S(=O)(=O)NC(=O)c1cs[nH]c1=O. The Morgan fingerprint density at radius 2 is 2.00 bits per heavy atom. The Morgan fingerprint density at radius 3 is 2.58 bits per heavy atom. The molecule has 0 unspecified atom stereocenters. The molecule has 0 fully saturated rings. The van der Waals surface area contributed by atoms with Gasteiger partial charge >= 0.3 is 0 Å². The van der Waals surface area contributed by atoms with Crippen LogP contribution in [-0.2, 0) is 10.0 Å². The Bertz CT molecular complexity index is 774. The predicted molar refractivity (Wildman–Crippen MR) is 70.8 cm³/mol. The Balaban J connectivity index is 2.34. The highest BCUT2D eigenvalue weighted by atomic mass is 32.2. The van der Waals surface area contributed by atoms with Gasteiger partial charge in [0, 0.05) is 5.38 Å². The number of nitrogens with one attached hydrogen (secondary N) is 2. The number of sulfonamides is 1. The maximum Gasteiger partial charge on any atom is 0.271 e. The van der Waals surface area contributed by atoms with Crippen molar-refractivity contribution in [2.45, 2.75) is 11.8 Å². The van der Waals surface area contributed by atoms with Gasteiger partial charge in [0.2, 0.25) is 0 Å². The number of aromatic nitrogens is 1. The van der Waals surface area contributed by atoms with Crippen LogP contribution in [0.5, 0.6) is 0 Å². The molecule has 0 radical (unpaired) electrons. The summed E-state index contributed by atoms with van der Waals surface area (Å²) < 4.78 is 28.3. The van der Waals surface area contributed by atoms with E-state index >= 15 is 0 Å². The molecule has 0 spiro atoms. The molecular formula is C11H10N2O4S2. The van der Waals surface area contributed by atoms with Gasteiger partial charge in [-0.2, -0.15) is 0 Å². The lowest BCUT2D eigenvalue weighted by molar-refractivity contribution is 0.0980. The minimum absolute atomic E-state index is 0.00927. The van der Waals surface area contributed by atoms with Gasteiger partial charge in [0.05, 0.1) is 4.90 Å². The minimum Gasteiger partial charge on any atom is -0.277 e. The number of aryl methyl sites for hydroxylation is 1. The van der Waals surface area contributed by atoms with Gasteiger partial charge in [0.25, 0.3) is 21.5 Å². The average Bonchev–Trinajstić information content (AvgIpc) is 2.75. The summed E-state index contributed by atoms with van der Waals surface area (Å²) in [6.07, 6.45) is 0. The number of hydrogen-bond acceptors (Lipinski definition) is 5. The highest BCUT2D eigenvalue weighted by Crippen LogP contribution is 2.14. The van der Waals surface area contributed by atoms with Crippen molar-refractivity contribution in [3.05, 3.63) is 51.1 Å². The topological polar surface area (TPSA) is 96.1 Å². The van der Waals surface area contributed by atoms with E-state index in [0.717, 1.165) is 11.5 Å². The summed E-state index contributed by atoms with van der Waals surface area (Å²) in [6.45, 7) is 1.62. The van der Waals surface area contributed by atoms with Crippen molar-refractivity contribution in [3.8, 4) is 0 Å². The molecule has 1 amide bonds. The molecule has 0 aliphatic rings. The van der Waals surface area contributed by atoms with Crippen molar-refractivity contribution in [1.29, 1.82) is 0 Å². The number of carbonyl (C=O) groups excluding carboxylic acids is 1. The first-order valence-electron chi connectivity index (χ1n) is 5.21. The lowest BCUT2D eigenvalue weighted by atomic mass is 10.2. The van der Waals surface area contributed by atoms with E-state index in [0.29, 0.717) is 5.56 Å². The molecule has 1 heterocycles. The Kier molecular flexibility index (Phi) is 3.54. The van der Waals surface area contributed by atoms with Gasteiger partial charge in [0.15, 0.2) is 0 Å². The summed E-state index contributed by atoms with van der Waals surface area (Å²) >= 11 is 0.926. The molecule has 6 nitrogen and oxygen atoms in total. The van der Waals surface area contributed by atoms with Crippen LogP contribution in [0.2, 0.25) is 0 Å². The third-order valence-electron chi connectivity index (χ3n) is 2.43. The van der Waals surface area contributed by atoms with Crippen LogP contribution in [-0.4, -0.2) is 18.7 Å². The first-order chi connectivity index (χ1) is 8.92. The normalized spacial score (nSPS) is 11.2. The van der Waals surface area contributed by atoms with Crippen molar-refractivity contribution in [1.82, 2.24) is 9.10 Å². The van der Waals surface area contributed by atoms with Crippen LogP contribution in [0.4, 0.5) is 0 Å². The summed E-state index contributed by atoms with van der Waals surface area (Å²) in [7, 11) is -3.98. The van der Waals surface area contributed by atoms with Gasteiger partial charge in [-0.25, -0.2) is 13.1 Å². The molecule has 0 aliphatic heterocycles. The lowest BCUT2D eigenvalue weighted by Crippen LogP contribution is -2.33.